The molecule has 33 heavy (non-hydrogen) atoms. The number of hydrogen-bond acceptors (Lipinski definition) is 6. The molecule has 0 saturated heterocycles. The molecule has 1 aliphatic heterocycles. The molecular formula is C24H27F2N3O4. The molecule has 0 aromatic heterocycles. The first kappa shape index (κ1) is 24.3. The predicted octanol–water partition coefficient (Wildman–Crippen LogP) is 3.03. The first-order valence-electron chi connectivity index (χ1n) is 10.6. The first-order chi connectivity index (χ1) is 15.9. The lowest BCUT2D eigenvalue weighted by Crippen LogP contribution is -2.54. The van der Waals surface area contributed by atoms with E-state index in [1.165, 1.54) is 0 Å². The van der Waals surface area contributed by atoms with Crippen molar-refractivity contribution < 1.29 is 28.2 Å². The van der Waals surface area contributed by atoms with Gasteiger partial charge in [0.25, 0.3) is 5.91 Å². The van der Waals surface area contributed by atoms with Crippen LogP contribution in [0.15, 0.2) is 60.1 Å². The third-order valence-corrected chi connectivity index (χ3v) is 5.27. The molecule has 2 aromatic rings. The van der Waals surface area contributed by atoms with Crippen LogP contribution >= 0.6 is 0 Å². The highest BCUT2D eigenvalue weighted by Gasteiger charge is 2.49. The van der Waals surface area contributed by atoms with Gasteiger partial charge in [0.2, 0.25) is 5.90 Å². The number of aliphatic imine (C=N–C) groups is 1. The number of nitrogens with zero attached hydrogens (tertiary/aromatic N) is 1. The van der Waals surface area contributed by atoms with Crippen LogP contribution in [-0.4, -0.2) is 41.8 Å². The van der Waals surface area contributed by atoms with E-state index in [-0.39, 0.29) is 25.1 Å². The lowest BCUT2D eigenvalue weighted by atomic mass is 9.90. The molecule has 0 saturated carbocycles. The highest BCUT2D eigenvalue weighted by Crippen LogP contribution is 2.32. The van der Waals surface area contributed by atoms with E-state index in [4.69, 9.17) is 14.6 Å². The quantitative estimate of drug-likeness (QED) is 0.273. The van der Waals surface area contributed by atoms with E-state index in [9.17, 15) is 13.6 Å². The second-order valence-electron chi connectivity index (χ2n) is 7.59. The van der Waals surface area contributed by atoms with Gasteiger partial charge in [-0.05, 0) is 49.4 Å². The lowest BCUT2D eigenvalue weighted by Gasteiger charge is -2.26. The van der Waals surface area contributed by atoms with E-state index >= 15 is 0 Å². The molecule has 0 bridgehead atoms. The van der Waals surface area contributed by atoms with Crippen LogP contribution in [0.5, 0.6) is 5.75 Å². The summed E-state index contributed by atoms with van der Waals surface area (Å²) in [6, 6.07) is 10.2. The number of amides is 1. The maximum atomic E-state index is 13.8. The first-order valence-corrected chi connectivity index (χ1v) is 10.6. The summed E-state index contributed by atoms with van der Waals surface area (Å²) in [6.45, 7) is 5.81. The number of ether oxygens (including phenoxy) is 2. The van der Waals surface area contributed by atoms with E-state index in [0.29, 0.717) is 30.2 Å². The molecule has 9 heteroatoms. The zero-order valence-electron chi connectivity index (χ0n) is 18.3. The summed E-state index contributed by atoms with van der Waals surface area (Å²) in [4.78, 5) is 17.7. The van der Waals surface area contributed by atoms with Gasteiger partial charge in [-0.25, -0.2) is 19.2 Å². The second kappa shape index (κ2) is 11.0. The summed E-state index contributed by atoms with van der Waals surface area (Å²) in [5.74, 6) is -0.689. The van der Waals surface area contributed by atoms with Crippen LogP contribution in [0, 0.1) is 11.6 Å². The van der Waals surface area contributed by atoms with Gasteiger partial charge in [-0.3, -0.25) is 10.2 Å². The van der Waals surface area contributed by atoms with Crippen LogP contribution < -0.4 is 15.6 Å². The summed E-state index contributed by atoms with van der Waals surface area (Å²) in [5, 5.41) is 8.84. The lowest BCUT2D eigenvalue weighted by molar-refractivity contribution is -0.129. The SMILES string of the molecule is C=CC[C@]1(C(=O)NNCc2cc(F)ccc2F)N=C(c2ccc(OCCCO)cc2)O[C@H]1C. The number of halogens is 2. The number of aliphatic hydroxyl groups excluding tert-OH is 1. The summed E-state index contributed by atoms with van der Waals surface area (Å²) >= 11 is 0. The van der Waals surface area contributed by atoms with Crippen molar-refractivity contribution in [3.05, 3.63) is 77.9 Å². The third-order valence-electron chi connectivity index (χ3n) is 5.27. The van der Waals surface area contributed by atoms with Gasteiger partial charge < -0.3 is 14.6 Å². The van der Waals surface area contributed by atoms with Crippen molar-refractivity contribution in [2.24, 2.45) is 4.99 Å². The van der Waals surface area contributed by atoms with Gasteiger partial charge in [0.15, 0.2) is 5.54 Å². The number of benzene rings is 2. The largest absolute Gasteiger partial charge is 0.494 e. The number of hydrazine groups is 1. The van der Waals surface area contributed by atoms with E-state index < -0.39 is 29.2 Å². The fraction of sp³-hybridized carbons (Fsp3) is 0.333. The zero-order chi connectivity index (χ0) is 23.8. The number of carbonyl (C=O) groups excluding carboxylic acids is 1. The minimum atomic E-state index is -1.28. The maximum Gasteiger partial charge on any atom is 0.266 e. The van der Waals surface area contributed by atoms with Crippen LogP contribution in [0.4, 0.5) is 8.78 Å². The summed E-state index contributed by atoms with van der Waals surface area (Å²) in [5.41, 5.74) is 4.64. The van der Waals surface area contributed by atoms with Crippen molar-refractivity contribution >= 4 is 11.8 Å². The Labute approximate surface area is 191 Å². The highest BCUT2D eigenvalue weighted by molar-refractivity contribution is 6.00. The Balaban J connectivity index is 1.71. The molecular weight excluding hydrogens is 432 g/mol. The van der Waals surface area contributed by atoms with Crippen LogP contribution in [-0.2, 0) is 16.1 Å². The van der Waals surface area contributed by atoms with Gasteiger partial charge >= 0.3 is 0 Å². The highest BCUT2D eigenvalue weighted by atomic mass is 19.1. The monoisotopic (exact) mass is 459 g/mol. The molecule has 7 nitrogen and oxygen atoms in total. The van der Waals surface area contributed by atoms with Crippen molar-refractivity contribution in [2.75, 3.05) is 13.2 Å². The Kier molecular flexibility index (Phi) is 8.13. The second-order valence-corrected chi connectivity index (χ2v) is 7.59. The number of nitrogens with one attached hydrogen (secondary N) is 2. The van der Waals surface area contributed by atoms with Crippen LogP contribution in [0.1, 0.15) is 30.9 Å². The Hall–Kier alpha value is -3.30. The molecule has 0 radical (unpaired) electrons. The third kappa shape index (κ3) is 5.74. The minimum absolute atomic E-state index is 0.0557. The molecule has 0 spiro atoms. The topological polar surface area (TPSA) is 92.2 Å². The maximum absolute atomic E-state index is 13.8. The Bertz CT molecular complexity index is 1010. The van der Waals surface area contributed by atoms with Gasteiger partial charge in [0.05, 0.1) is 6.61 Å². The average Bonchev–Trinajstić information content (AvgIpc) is 3.14. The van der Waals surface area contributed by atoms with Gasteiger partial charge in [-0.1, -0.05) is 6.08 Å². The molecule has 0 unspecified atom stereocenters. The van der Waals surface area contributed by atoms with Crippen LogP contribution in [0.2, 0.25) is 0 Å². The molecule has 1 amide bonds. The van der Waals surface area contributed by atoms with Crippen molar-refractivity contribution in [2.45, 2.75) is 38.0 Å². The zero-order valence-corrected chi connectivity index (χ0v) is 18.3. The van der Waals surface area contributed by atoms with Gasteiger partial charge in [0, 0.05) is 37.1 Å². The summed E-state index contributed by atoms with van der Waals surface area (Å²) < 4.78 is 38.6. The molecule has 2 atom stereocenters. The van der Waals surface area contributed by atoms with Crippen molar-refractivity contribution in [1.82, 2.24) is 10.9 Å². The number of rotatable bonds is 11. The molecule has 1 heterocycles. The van der Waals surface area contributed by atoms with Crippen LogP contribution in [0.3, 0.4) is 0 Å². The van der Waals surface area contributed by atoms with Crippen molar-refractivity contribution in [1.29, 1.82) is 0 Å². The van der Waals surface area contributed by atoms with E-state index in [2.05, 4.69) is 22.4 Å². The fourth-order valence-corrected chi connectivity index (χ4v) is 3.41. The van der Waals surface area contributed by atoms with Gasteiger partial charge in [0.1, 0.15) is 23.5 Å². The molecule has 1 aliphatic rings. The molecule has 176 valence electrons. The Morgan fingerprint density at radius 2 is 2.06 bits per heavy atom. The summed E-state index contributed by atoms with van der Waals surface area (Å²) in [7, 11) is 0. The number of aliphatic hydroxyl groups is 1. The van der Waals surface area contributed by atoms with Gasteiger partial charge in [-0.15, -0.1) is 6.58 Å². The average molecular weight is 459 g/mol. The number of hydrogen-bond donors (Lipinski definition) is 3. The standard InChI is InChI=1S/C24H27F2N3O4/c1-3-11-24(23(31)29-27-15-18-14-19(25)7-10-21(18)26)16(2)33-22(28-24)17-5-8-20(9-6-17)32-13-4-12-30/h3,5-10,14,16,27,30H,1,4,11-13,15H2,2H3,(H,29,31)/t16-,24-/m0/s1. The molecule has 2 aromatic carbocycles. The Morgan fingerprint density at radius 3 is 2.76 bits per heavy atom. The van der Waals surface area contributed by atoms with Crippen molar-refractivity contribution in [3.8, 4) is 5.75 Å². The van der Waals surface area contributed by atoms with Crippen LogP contribution in [0.25, 0.3) is 0 Å². The minimum Gasteiger partial charge on any atom is -0.494 e. The normalized spacial score (nSPS) is 19.5. The Morgan fingerprint density at radius 1 is 1.30 bits per heavy atom. The van der Waals surface area contributed by atoms with E-state index in [1.807, 2.05) is 0 Å². The predicted molar refractivity (Wildman–Crippen MR) is 120 cm³/mol. The number of carbonyl (C=O) groups is 1. The fourth-order valence-electron chi connectivity index (χ4n) is 3.41. The van der Waals surface area contributed by atoms with Crippen molar-refractivity contribution in [3.63, 3.8) is 0 Å². The van der Waals surface area contributed by atoms with E-state index in [0.717, 1.165) is 18.2 Å². The molecule has 0 fully saturated rings. The summed E-state index contributed by atoms with van der Waals surface area (Å²) in [6.07, 6.45) is 1.73. The van der Waals surface area contributed by atoms with E-state index in [1.54, 1.807) is 37.3 Å². The molecule has 3 rings (SSSR count). The molecule has 3 N–H and O–H groups in total. The van der Waals surface area contributed by atoms with Gasteiger partial charge in [-0.2, -0.15) is 0 Å². The molecule has 0 aliphatic carbocycles. The smallest absolute Gasteiger partial charge is 0.266 e.